The minimum Gasteiger partial charge on any atom is -0.441 e. The lowest BCUT2D eigenvalue weighted by atomic mass is 10.2. The van der Waals surface area contributed by atoms with E-state index in [4.69, 9.17) is 4.42 Å². The standard InChI is InChI=1S/C17H20FN3O2.2ClH/c1-12-10-19-8-9-21(12)17(22)7-6-16-20-11-15(23-16)13-4-2-3-5-14(13)18;;/h2-5,11-12,19H,6-10H2,1H3;2*1H/t12-;;/m0../s1. The third-order valence-corrected chi connectivity index (χ3v) is 4.07. The fourth-order valence-corrected chi connectivity index (χ4v) is 2.78. The van der Waals surface area contributed by atoms with Gasteiger partial charge in [-0.05, 0) is 19.1 Å². The summed E-state index contributed by atoms with van der Waals surface area (Å²) in [5, 5.41) is 3.26. The number of benzene rings is 1. The van der Waals surface area contributed by atoms with Crippen LogP contribution in [0.25, 0.3) is 11.3 Å². The smallest absolute Gasteiger partial charge is 0.223 e. The zero-order chi connectivity index (χ0) is 16.2. The van der Waals surface area contributed by atoms with E-state index < -0.39 is 0 Å². The lowest BCUT2D eigenvalue weighted by molar-refractivity contribution is -0.134. The summed E-state index contributed by atoms with van der Waals surface area (Å²) in [6, 6.07) is 6.61. The summed E-state index contributed by atoms with van der Waals surface area (Å²) in [6.07, 6.45) is 2.27. The molecule has 0 radical (unpaired) electrons. The molecule has 1 atom stereocenters. The monoisotopic (exact) mass is 389 g/mol. The molecule has 1 aliphatic heterocycles. The minimum atomic E-state index is -0.346. The predicted octanol–water partition coefficient (Wildman–Crippen LogP) is 3.08. The average molecular weight is 390 g/mol. The van der Waals surface area contributed by atoms with Crippen molar-refractivity contribution in [3.05, 3.63) is 42.2 Å². The molecule has 8 heteroatoms. The van der Waals surface area contributed by atoms with Crippen molar-refractivity contribution in [3.8, 4) is 11.3 Å². The number of piperazine rings is 1. The van der Waals surface area contributed by atoms with Gasteiger partial charge in [-0.2, -0.15) is 0 Å². The molecule has 1 aromatic heterocycles. The predicted molar refractivity (Wildman–Crippen MR) is 98.8 cm³/mol. The van der Waals surface area contributed by atoms with E-state index in [9.17, 15) is 9.18 Å². The van der Waals surface area contributed by atoms with Gasteiger partial charge in [0.05, 0.1) is 11.8 Å². The van der Waals surface area contributed by atoms with E-state index in [1.807, 2.05) is 11.8 Å². The molecule has 2 aromatic rings. The van der Waals surface area contributed by atoms with E-state index in [0.717, 1.165) is 19.6 Å². The first kappa shape index (κ1) is 21.4. The van der Waals surface area contributed by atoms with Crippen LogP contribution in [0.2, 0.25) is 0 Å². The van der Waals surface area contributed by atoms with Crippen molar-refractivity contribution in [1.82, 2.24) is 15.2 Å². The van der Waals surface area contributed by atoms with E-state index in [1.165, 1.54) is 12.3 Å². The first-order chi connectivity index (χ1) is 11.1. The molecule has 138 valence electrons. The average Bonchev–Trinajstić information content (AvgIpc) is 3.02. The lowest BCUT2D eigenvalue weighted by Crippen LogP contribution is -2.52. The lowest BCUT2D eigenvalue weighted by Gasteiger charge is -2.34. The van der Waals surface area contributed by atoms with Gasteiger partial charge < -0.3 is 14.6 Å². The molecule has 0 unspecified atom stereocenters. The molecule has 1 aliphatic rings. The Morgan fingerprint density at radius 3 is 2.88 bits per heavy atom. The summed E-state index contributed by atoms with van der Waals surface area (Å²) < 4.78 is 19.3. The van der Waals surface area contributed by atoms with Crippen LogP contribution in [0, 0.1) is 5.82 Å². The van der Waals surface area contributed by atoms with E-state index >= 15 is 0 Å². The number of amides is 1. The Hall–Kier alpha value is -1.63. The zero-order valence-electron chi connectivity index (χ0n) is 13.9. The second-order valence-electron chi connectivity index (χ2n) is 5.74. The number of aromatic nitrogens is 1. The topological polar surface area (TPSA) is 58.4 Å². The summed E-state index contributed by atoms with van der Waals surface area (Å²) in [4.78, 5) is 18.3. The molecule has 0 aliphatic carbocycles. The summed E-state index contributed by atoms with van der Waals surface area (Å²) in [6.45, 7) is 4.41. The molecule has 1 amide bonds. The van der Waals surface area contributed by atoms with Gasteiger partial charge in [-0.3, -0.25) is 4.79 Å². The number of hydrogen-bond acceptors (Lipinski definition) is 4. The Bertz CT molecular complexity index is 696. The number of rotatable bonds is 4. The molecule has 2 heterocycles. The van der Waals surface area contributed by atoms with Crippen molar-refractivity contribution in [2.45, 2.75) is 25.8 Å². The second-order valence-corrected chi connectivity index (χ2v) is 5.74. The fraction of sp³-hybridized carbons (Fsp3) is 0.412. The van der Waals surface area contributed by atoms with Gasteiger partial charge in [0.15, 0.2) is 11.7 Å². The van der Waals surface area contributed by atoms with Crippen molar-refractivity contribution < 1.29 is 13.6 Å². The Morgan fingerprint density at radius 2 is 2.16 bits per heavy atom. The molecular weight excluding hydrogens is 368 g/mol. The maximum absolute atomic E-state index is 13.7. The van der Waals surface area contributed by atoms with E-state index in [1.54, 1.807) is 18.2 Å². The van der Waals surface area contributed by atoms with Gasteiger partial charge in [-0.1, -0.05) is 12.1 Å². The van der Waals surface area contributed by atoms with Crippen LogP contribution in [0.5, 0.6) is 0 Å². The van der Waals surface area contributed by atoms with Crippen LogP contribution in [0.3, 0.4) is 0 Å². The van der Waals surface area contributed by atoms with Crippen molar-refractivity contribution in [2.24, 2.45) is 0 Å². The van der Waals surface area contributed by atoms with Crippen molar-refractivity contribution in [1.29, 1.82) is 0 Å². The molecule has 0 saturated carbocycles. The summed E-state index contributed by atoms with van der Waals surface area (Å²) >= 11 is 0. The molecule has 25 heavy (non-hydrogen) atoms. The maximum Gasteiger partial charge on any atom is 0.223 e. The molecule has 3 rings (SSSR count). The van der Waals surface area contributed by atoms with Gasteiger partial charge in [-0.25, -0.2) is 9.37 Å². The van der Waals surface area contributed by atoms with Gasteiger partial charge in [0.25, 0.3) is 0 Å². The van der Waals surface area contributed by atoms with Crippen LogP contribution in [0.15, 0.2) is 34.9 Å². The van der Waals surface area contributed by atoms with Gasteiger partial charge in [0.2, 0.25) is 5.91 Å². The molecule has 0 spiro atoms. The van der Waals surface area contributed by atoms with Gasteiger partial charge in [-0.15, -0.1) is 24.8 Å². The maximum atomic E-state index is 13.7. The minimum absolute atomic E-state index is 0. The second kappa shape index (κ2) is 9.75. The molecule has 0 bridgehead atoms. The number of oxazole rings is 1. The van der Waals surface area contributed by atoms with E-state index in [-0.39, 0.29) is 42.6 Å². The highest BCUT2D eigenvalue weighted by Gasteiger charge is 2.23. The summed E-state index contributed by atoms with van der Waals surface area (Å²) in [7, 11) is 0. The van der Waals surface area contributed by atoms with Crippen LogP contribution < -0.4 is 5.32 Å². The number of nitrogens with one attached hydrogen (secondary N) is 1. The van der Waals surface area contributed by atoms with Crippen LogP contribution >= 0.6 is 24.8 Å². The first-order valence-electron chi connectivity index (χ1n) is 7.85. The number of carbonyl (C=O) groups excluding carboxylic acids is 1. The Morgan fingerprint density at radius 1 is 1.40 bits per heavy atom. The van der Waals surface area contributed by atoms with Crippen LogP contribution in [0.1, 0.15) is 19.2 Å². The fourth-order valence-electron chi connectivity index (χ4n) is 2.78. The molecule has 1 saturated heterocycles. The van der Waals surface area contributed by atoms with Gasteiger partial charge in [0, 0.05) is 38.5 Å². The van der Waals surface area contributed by atoms with E-state index in [2.05, 4.69) is 10.3 Å². The number of hydrogen-bond donors (Lipinski definition) is 1. The van der Waals surface area contributed by atoms with Crippen molar-refractivity contribution >= 4 is 30.7 Å². The van der Waals surface area contributed by atoms with Crippen LogP contribution in [-0.4, -0.2) is 41.5 Å². The van der Waals surface area contributed by atoms with Crippen LogP contribution in [0.4, 0.5) is 4.39 Å². The van der Waals surface area contributed by atoms with Crippen molar-refractivity contribution in [2.75, 3.05) is 19.6 Å². The molecule has 1 fully saturated rings. The van der Waals surface area contributed by atoms with Gasteiger partial charge >= 0.3 is 0 Å². The number of aryl methyl sites for hydroxylation is 1. The van der Waals surface area contributed by atoms with Crippen LogP contribution in [-0.2, 0) is 11.2 Å². The highest BCUT2D eigenvalue weighted by Crippen LogP contribution is 2.23. The Kier molecular flexibility index (Phi) is 8.35. The zero-order valence-corrected chi connectivity index (χ0v) is 15.5. The SMILES string of the molecule is C[C@H]1CNCCN1C(=O)CCc1ncc(-c2ccccc2F)o1.Cl.Cl. The molecule has 1 N–H and O–H groups in total. The number of carbonyl (C=O) groups is 1. The molecule has 1 aromatic carbocycles. The molecular formula is C17H22Cl2FN3O2. The van der Waals surface area contributed by atoms with Crippen molar-refractivity contribution in [3.63, 3.8) is 0 Å². The Balaban J connectivity index is 0.00000156. The highest BCUT2D eigenvalue weighted by molar-refractivity contribution is 5.85. The quantitative estimate of drug-likeness (QED) is 0.872. The third kappa shape index (κ3) is 5.17. The number of halogens is 3. The normalized spacial score (nSPS) is 16.7. The van der Waals surface area contributed by atoms with E-state index in [0.29, 0.717) is 30.1 Å². The molecule has 5 nitrogen and oxygen atoms in total. The largest absolute Gasteiger partial charge is 0.441 e. The first-order valence-corrected chi connectivity index (χ1v) is 7.85. The summed E-state index contributed by atoms with van der Waals surface area (Å²) in [5.41, 5.74) is 0.383. The third-order valence-electron chi connectivity index (χ3n) is 4.07. The highest BCUT2D eigenvalue weighted by atomic mass is 35.5. The Labute approximate surface area is 158 Å². The summed E-state index contributed by atoms with van der Waals surface area (Å²) in [5.74, 6) is 0.603. The van der Waals surface area contributed by atoms with Gasteiger partial charge in [0.1, 0.15) is 5.82 Å². The number of nitrogens with zero attached hydrogens (tertiary/aromatic N) is 2.